The molecule has 0 bridgehead atoms. The van der Waals surface area contributed by atoms with Crippen LogP contribution in [0.1, 0.15) is 284 Å². The molecule has 0 aromatic heterocycles. The summed E-state index contributed by atoms with van der Waals surface area (Å²) in [6.07, 6.45) is 67.0. The number of aliphatic hydroxyl groups excluding tert-OH is 2. The third-order valence-electron chi connectivity index (χ3n) is 12.2. The van der Waals surface area contributed by atoms with Gasteiger partial charge in [0.25, 0.3) is 0 Å². The molecule has 2 unspecified atom stereocenters. The summed E-state index contributed by atoms with van der Waals surface area (Å²) >= 11 is 0. The molecule has 0 heterocycles. The van der Waals surface area contributed by atoms with E-state index in [1.165, 1.54) is 199 Å². The smallest absolute Gasteiger partial charge is 0.220 e. The minimum atomic E-state index is -0.668. The molecule has 0 rings (SSSR count). The molecule has 4 nitrogen and oxygen atoms in total. The number of hydrogen-bond donors (Lipinski definition) is 3. The standard InChI is InChI=1S/C54H103NO3/c1-3-5-7-9-11-13-15-17-19-20-21-22-23-24-25-26-27-28-29-30-31-32-33-34-36-37-39-41-43-45-47-49-53(57)52(51-56)55-54(58)50-48-46-44-42-40-38-35-18-16-14-12-10-8-6-4-2/h6,8,12,14,18,35,52-53,56-57H,3-5,7,9-11,13,15-17,19-34,36-51H2,1-2H3,(H,55,58)/b8-6-,14-12-,35-18-. The van der Waals surface area contributed by atoms with Crippen molar-refractivity contribution in [2.45, 2.75) is 296 Å². The summed E-state index contributed by atoms with van der Waals surface area (Å²) in [4.78, 5) is 12.4. The quantitative estimate of drug-likeness (QED) is 0.0423. The molecule has 0 fully saturated rings. The van der Waals surface area contributed by atoms with Gasteiger partial charge >= 0.3 is 0 Å². The van der Waals surface area contributed by atoms with Gasteiger partial charge in [0.1, 0.15) is 0 Å². The molecule has 342 valence electrons. The zero-order valence-corrected chi connectivity index (χ0v) is 39.3. The van der Waals surface area contributed by atoms with Crippen molar-refractivity contribution < 1.29 is 15.0 Å². The maximum atomic E-state index is 12.4. The van der Waals surface area contributed by atoms with Crippen LogP contribution in [0.2, 0.25) is 0 Å². The third-order valence-corrected chi connectivity index (χ3v) is 12.2. The van der Waals surface area contributed by atoms with Crippen molar-refractivity contribution in [1.82, 2.24) is 5.32 Å². The molecule has 0 saturated heterocycles. The lowest BCUT2D eigenvalue weighted by atomic mass is 10.0. The first kappa shape index (κ1) is 56.6. The number of allylic oxidation sites excluding steroid dienone is 6. The molecular weight excluding hydrogens is 711 g/mol. The van der Waals surface area contributed by atoms with E-state index in [9.17, 15) is 15.0 Å². The van der Waals surface area contributed by atoms with Gasteiger partial charge in [-0.2, -0.15) is 0 Å². The fourth-order valence-corrected chi connectivity index (χ4v) is 8.20. The van der Waals surface area contributed by atoms with E-state index < -0.39 is 12.1 Å². The number of hydrogen-bond acceptors (Lipinski definition) is 3. The van der Waals surface area contributed by atoms with E-state index in [1.807, 2.05) is 0 Å². The molecule has 4 heteroatoms. The van der Waals surface area contributed by atoms with Crippen LogP contribution in [0.3, 0.4) is 0 Å². The lowest BCUT2D eigenvalue weighted by Gasteiger charge is -2.22. The minimum absolute atomic E-state index is 0.0461. The van der Waals surface area contributed by atoms with Gasteiger partial charge < -0.3 is 15.5 Å². The minimum Gasteiger partial charge on any atom is -0.394 e. The molecule has 0 aromatic rings. The predicted molar refractivity (Wildman–Crippen MR) is 258 cm³/mol. The van der Waals surface area contributed by atoms with Gasteiger partial charge in [0.2, 0.25) is 5.91 Å². The summed E-state index contributed by atoms with van der Waals surface area (Å²) in [5.74, 6) is -0.0461. The monoisotopic (exact) mass is 814 g/mol. The maximum Gasteiger partial charge on any atom is 0.220 e. The lowest BCUT2D eigenvalue weighted by Crippen LogP contribution is -2.45. The van der Waals surface area contributed by atoms with E-state index in [4.69, 9.17) is 0 Å². The predicted octanol–water partition coefficient (Wildman–Crippen LogP) is 16.9. The second kappa shape index (κ2) is 50.0. The highest BCUT2D eigenvalue weighted by molar-refractivity contribution is 5.76. The molecule has 58 heavy (non-hydrogen) atoms. The first-order valence-corrected chi connectivity index (χ1v) is 26.2. The number of carbonyl (C=O) groups is 1. The Bertz CT molecular complexity index is 882. The molecule has 0 radical (unpaired) electrons. The Morgan fingerprint density at radius 3 is 1.14 bits per heavy atom. The second-order valence-corrected chi connectivity index (χ2v) is 17.9. The number of amides is 1. The van der Waals surface area contributed by atoms with Crippen LogP contribution in [0.5, 0.6) is 0 Å². The summed E-state index contributed by atoms with van der Waals surface area (Å²) in [5.41, 5.74) is 0. The number of unbranched alkanes of at least 4 members (excludes halogenated alkanes) is 35. The SMILES string of the molecule is CC/C=C\C/C=C\C/C=C\CCCCCCCC(=O)NC(CO)C(O)CCCCCCCCCCCCCCCCCCCCCCCCCCCCCCCCC. The van der Waals surface area contributed by atoms with Gasteiger partial charge in [-0.15, -0.1) is 0 Å². The molecule has 1 amide bonds. The summed E-state index contributed by atoms with van der Waals surface area (Å²) < 4.78 is 0. The first-order chi connectivity index (χ1) is 28.7. The number of nitrogens with one attached hydrogen (secondary N) is 1. The highest BCUT2D eigenvalue weighted by atomic mass is 16.3. The third kappa shape index (κ3) is 45.7. The summed E-state index contributed by atoms with van der Waals surface area (Å²) in [6.45, 7) is 4.26. The Kier molecular flexibility index (Phi) is 48.8. The van der Waals surface area contributed by atoms with Crippen LogP contribution < -0.4 is 5.32 Å². The molecular formula is C54H103NO3. The fourth-order valence-electron chi connectivity index (χ4n) is 8.20. The Morgan fingerprint density at radius 1 is 0.431 bits per heavy atom. The highest BCUT2D eigenvalue weighted by Crippen LogP contribution is 2.17. The van der Waals surface area contributed by atoms with Crippen molar-refractivity contribution in [3.63, 3.8) is 0 Å². The van der Waals surface area contributed by atoms with E-state index in [-0.39, 0.29) is 12.5 Å². The molecule has 0 aliphatic carbocycles. The number of aliphatic hydroxyl groups is 2. The Hall–Kier alpha value is -1.39. The normalized spacial score (nSPS) is 13.1. The van der Waals surface area contributed by atoms with Crippen molar-refractivity contribution in [2.24, 2.45) is 0 Å². The van der Waals surface area contributed by atoms with Crippen molar-refractivity contribution >= 4 is 5.91 Å². The van der Waals surface area contributed by atoms with Gasteiger partial charge in [0, 0.05) is 6.42 Å². The summed E-state index contributed by atoms with van der Waals surface area (Å²) in [5, 5.41) is 23.2. The van der Waals surface area contributed by atoms with Gasteiger partial charge in [0.15, 0.2) is 0 Å². The molecule has 2 atom stereocenters. The average molecular weight is 814 g/mol. The molecule has 0 aliphatic rings. The van der Waals surface area contributed by atoms with Crippen molar-refractivity contribution in [3.05, 3.63) is 36.5 Å². The molecule has 0 aliphatic heterocycles. The van der Waals surface area contributed by atoms with Crippen molar-refractivity contribution in [3.8, 4) is 0 Å². The Morgan fingerprint density at radius 2 is 0.759 bits per heavy atom. The molecule has 0 spiro atoms. The highest BCUT2D eigenvalue weighted by Gasteiger charge is 2.20. The van der Waals surface area contributed by atoms with Gasteiger partial charge in [-0.25, -0.2) is 0 Å². The summed E-state index contributed by atoms with van der Waals surface area (Å²) in [6, 6.07) is -0.546. The van der Waals surface area contributed by atoms with Crippen LogP contribution in [0.15, 0.2) is 36.5 Å². The number of rotatable bonds is 48. The maximum absolute atomic E-state index is 12.4. The van der Waals surface area contributed by atoms with Crippen LogP contribution >= 0.6 is 0 Å². The van der Waals surface area contributed by atoms with Crippen molar-refractivity contribution in [2.75, 3.05) is 6.61 Å². The topological polar surface area (TPSA) is 69.6 Å². The Labute approximate surface area is 363 Å². The summed E-state index contributed by atoms with van der Waals surface area (Å²) in [7, 11) is 0. The van der Waals surface area contributed by atoms with Crippen LogP contribution in [-0.2, 0) is 4.79 Å². The van der Waals surface area contributed by atoms with Crippen LogP contribution in [-0.4, -0.2) is 34.9 Å². The van der Waals surface area contributed by atoms with Crippen LogP contribution in [0.4, 0.5) is 0 Å². The molecule has 0 saturated carbocycles. The molecule has 3 N–H and O–H groups in total. The molecule has 0 aromatic carbocycles. The van der Waals surface area contributed by atoms with Crippen LogP contribution in [0.25, 0.3) is 0 Å². The number of carbonyl (C=O) groups excluding carboxylic acids is 1. The Balaban J connectivity index is 3.41. The fraction of sp³-hybridized carbons (Fsp3) is 0.870. The van der Waals surface area contributed by atoms with Crippen LogP contribution in [0, 0.1) is 0 Å². The van der Waals surface area contributed by atoms with E-state index in [2.05, 4.69) is 55.6 Å². The van der Waals surface area contributed by atoms with E-state index >= 15 is 0 Å². The largest absolute Gasteiger partial charge is 0.394 e. The van der Waals surface area contributed by atoms with E-state index in [1.54, 1.807) is 0 Å². The van der Waals surface area contributed by atoms with Gasteiger partial charge in [-0.3, -0.25) is 4.79 Å². The lowest BCUT2D eigenvalue weighted by molar-refractivity contribution is -0.123. The zero-order chi connectivity index (χ0) is 42.1. The van der Waals surface area contributed by atoms with E-state index in [0.29, 0.717) is 12.8 Å². The van der Waals surface area contributed by atoms with Gasteiger partial charge in [-0.1, -0.05) is 269 Å². The zero-order valence-electron chi connectivity index (χ0n) is 39.3. The van der Waals surface area contributed by atoms with Gasteiger partial charge in [0.05, 0.1) is 18.8 Å². The second-order valence-electron chi connectivity index (χ2n) is 17.9. The van der Waals surface area contributed by atoms with E-state index in [0.717, 1.165) is 57.8 Å². The first-order valence-electron chi connectivity index (χ1n) is 26.2. The average Bonchev–Trinajstić information content (AvgIpc) is 3.23. The van der Waals surface area contributed by atoms with Crippen molar-refractivity contribution in [1.29, 1.82) is 0 Å². The van der Waals surface area contributed by atoms with Gasteiger partial charge in [-0.05, 0) is 44.9 Å².